The van der Waals surface area contributed by atoms with Crippen molar-refractivity contribution in [3.63, 3.8) is 0 Å². The van der Waals surface area contributed by atoms with Crippen LogP contribution < -0.4 is 0 Å². The van der Waals surface area contributed by atoms with E-state index < -0.39 is 0 Å². The van der Waals surface area contributed by atoms with E-state index in [-0.39, 0.29) is 0 Å². The molecule has 0 saturated carbocycles. The second-order valence-corrected chi connectivity index (χ2v) is 10.5. The SMILES string of the molecule is N#Cc1c2ccccc2c(C#N)c2c1nnn2-c1cccc(-c2cccc(-n3nnc4c(C#N)c5ccccc5c(C#N)c43)c2)c1. The minimum absolute atomic E-state index is 0.362. The fraction of sp³-hybridized carbons (Fsp3) is 0. The first-order valence-corrected chi connectivity index (χ1v) is 14.1. The van der Waals surface area contributed by atoms with Crippen molar-refractivity contribution in [2.75, 3.05) is 0 Å². The lowest BCUT2D eigenvalue weighted by atomic mass is 9.98. The Bertz CT molecular complexity index is 2570. The molecule has 0 spiro atoms. The predicted molar refractivity (Wildman–Crippen MR) is 171 cm³/mol. The number of nitriles is 4. The zero-order chi connectivity index (χ0) is 31.4. The molecular formula is C36H16N10. The average Bonchev–Trinajstić information content (AvgIpc) is 3.75. The van der Waals surface area contributed by atoms with Gasteiger partial charge in [-0.3, -0.25) is 0 Å². The molecule has 6 aromatic carbocycles. The highest BCUT2D eigenvalue weighted by atomic mass is 15.4. The van der Waals surface area contributed by atoms with E-state index >= 15 is 0 Å². The highest BCUT2D eigenvalue weighted by molar-refractivity contribution is 6.08. The largest absolute Gasteiger partial charge is 0.211 e. The van der Waals surface area contributed by atoms with Gasteiger partial charge in [-0.25, -0.2) is 9.36 Å². The van der Waals surface area contributed by atoms with Crippen LogP contribution in [0.5, 0.6) is 0 Å². The van der Waals surface area contributed by atoms with Crippen LogP contribution in [0.15, 0.2) is 97.1 Å². The summed E-state index contributed by atoms with van der Waals surface area (Å²) in [5.41, 5.74) is 6.15. The second kappa shape index (κ2) is 10.1. The van der Waals surface area contributed by atoms with Gasteiger partial charge in [0.1, 0.15) is 46.3 Å². The maximum absolute atomic E-state index is 10.2. The van der Waals surface area contributed by atoms with Crippen LogP contribution in [0.2, 0.25) is 0 Å². The second-order valence-electron chi connectivity index (χ2n) is 10.5. The van der Waals surface area contributed by atoms with Crippen LogP contribution in [-0.2, 0) is 0 Å². The zero-order valence-corrected chi connectivity index (χ0v) is 23.7. The summed E-state index contributed by atoms with van der Waals surface area (Å²) in [5.74, 6) is 0. The number of nitrogens with zero attached hydrogens (tertiary/aromatic N) is 10. The summed E-state index contributed by atoms with van der Waals surface area (Å²) in [6, 6.07) is 38.9. The van der Waals surface area contributed by atoms with Gasteiger partial charge < -0.3 is 0 Å². The summed E-state index contributed by atoms with van der Waals surface area (Å²) in [4.78, 5) is 0. The molecule has 0 aliphatic heterocycles. The molecule has 8 aromatic rings. The molecule has 0 aliphatic carbocycles. The summed E-state index contributed by atoms with van der Waals surface area (Å²) in [7, 11) is 0. The summed E-state index contributed by atoms with van der Waals surface area (Å²) in [6.07, 6.45) is 0. The Morgan fingerprint density at radius 3 is 1.17 bits per heavy atom. The van der Waals surface area contributed by atoms with E-state index in [0.29, 0.717) is 77.2 Å². The maximum Gasteiger partial charge on any atom is 0.133 e. The molecule has 0 saturated heterocycles. The fourth-order valence-corrected chi connectivity index (χ4v) is 6.15. The molecule has 0 bridgehead atoms. The minimum atomic E-state index is 0.362. The van der Waals surface area contributed by atoms with Gasteiger partial charge in [0.15, 0.2) is 0 Å². The molecule has 210 valence electrons. The highest BCUT2D eigenvalue weighted by Crippen LogP contribution is 2.35. The first-order chi connectivity index (χ1) is 22.7. The van der Waals surface area contributed by atoms with Gasteiger partial charge in [0, 0.05) is 21.5 Å². The van der Waals surface area contributed by atoms with Crippen LogP contribution >= 0.6 is 0 Å². The number of rotatable bonds is 3. The smallest absolute Gasteiger partial charge is 0.133 e. The van der Waals surface area contributed by atoms with Gasteiger partial charge in [-0.15, -0.1) is 10.2 Å². The van der Waals surface area contributed by atoms with Crippen molar-refractivity contribution >= 4 is 43.6 Å². The van der Waals surface area contributed by atoms with E-state index in [4.69, 9.17) is 0 Å². The van der Waals surface area contributed by atoms with Crippen LogP contribution in [0.1, 0.15) is 22.3 Å². The van der Waals surface area contributed by atoms with Crippen LogP contribution in [-0.4, -0.2) is 30.0 Å². The topological polar surface area (TPSA) is 157 Å². The van der Waals surface area contributed by atoms with E-state index in [9.17, 15) is 21.0 Å². The molecule has 8 rings (SSSR count). The van der Waals surface area contributed by atoms with E-state index in [0.717, 1.165) is 11.1 Å². The van der Waals surface area contributed by atoms with Crippen molar-refractivity contribution in [1.29, 1.82) is 21.0 Å². The molecule has 0 fully saturated rings. The standard InChI is InChI=1S/C36H16N10/c37-17-29-25-11-1-3-13-27(25)31(19-39)35-33(29)41-43-45(35)23-9-5-7-21(15-23)22-8-6-10-24(16-22)46-36-32(20-40)28-14-4-2-12-26(28)30(18-38)34(36)42-44-46/h1-16H. The Balaban J connectivity index is 1.30. The molecular weight excluding hydrogens is 572 g/mol. The van der Waals surface area contributed by atoms with Gasteiger partial charge in [0.05, 0.1) is 33.6 Å². The van der Waals surface area contributed by atoms with Gasteiger partial charge in [0.25, 0.3) is 0 Å². The molecule has 0 atom stereocenters. The Hall–Kier alpha value is -7.40. The minimum Gasteiger partial charge on any atom is -0.211 e. The van der Waals surface area contributed by atoms with E-state index in [1.54, 1.807) is 9.36 Å². The van der Waals surface area contributed by atoms with E-state index in [1.807, 2.05) is 97.1 Å². The van der Waals surface area contributed by atoms with Gasteiger partial charge in [-0.05, 0) is 35.4 Å². The normalized spacial score (nSPS) is 11.0. The third-order valence-electron chi connectivity index (χ3n) is 8.18. The van der Waals surface area contributed by atoms with Crippen molar-refractivity contribution in [2.24, 2.45) is 0 Å². The average molecular weight is 589 g/mol. The first kappa shape index (κ1) is 26.2. The van der Waals surface area contributed by atoms with Crippen molar-refractivity contribution < 1.29 is 0 Å². The summed E-state index contributed by atoms with van der Waals surface area (Å²) >= 11 is 0. The van der Waals surface area contributed by atoms with Crippen molar-refractivity contribution in [3.05, 3.63) is 119 Å². The Kier molecular flexibility index (Phi) is 5.77. The summed E-state index contributed by atoms with van der Waals surface area (Å²) < 4.78 is 3.18. The summed E-state index contributed by atoms with van der Waals surface area (Å²) in [6.45, 7) is 0. The highest BCUT2D eigenvalue weighted by Gasteiger charge is 2.22. The van der Waals surface area contributed by atoms with Crippen molar-refractivity contribution in [2.45, 2.75) is 0 Å². The van der Waals surface area contributed by atoms with Gasteiger partial charge in [-0.1, -0.05) is 83.2 Å². The summed E-state index contributed by atoms with van der Waals surface area (Å²) in [5, 5.41) is 60.4. The number of fused-ring (bicyclic) bond motifs is 4. The molecule has 2 heterocycles. The Morgan fingerprint density at radius 2 is 0.804 bits per heavy atom. The number of hydrogen-bond acceptors (Lipinski definition) is 8. The predicted octanol–water partition coefficient (Wildman–Crippen LogP) is 6.61. The number of aromatic nitrogens is 6. The molecule has 2 aromatic heterocycles. The lowest BCUT2D eigenvalue weighted by molar-refractivity contribution is 0.822. The molecule has 0 unspecified atom stereocenters. The molecule has 0 aliphatic rings. The molecule has 0 amide bonds. The quantitative estimate of drug-likeness (QED) is 0.223. The number of hydrogen-bond donors (Lipinski definition) is 0. The zero-order valence-electron chi connectivity index (χ0n) is 23.7. The third-order valence-corrected chi connectivity index (χ3v) is 8.18. The van der Waals surface area contributed by atoms with Crippen LogP contribution in [0.3, 0.4) is 0 Å². The van der Waals surface area contributed by atoms with Gasteiger partial charge in [-0.2, -0.15) is 21.0 Å². The fourth-order valence-electron chi connectivity index (χ4n) is 6.15. The maximum atomic E-state index is 10.2. The molecule has 0 N–H and O–H groups in total. The molecule has 10 heteroatoms. The van der Waals surface area contributed by atoms with E-state index in [2.05, 4.69) is 44.9 Å². The van der Waals surface area contributed by atoms with Gasteiger partial charge >= 0.3 is 0 Å². The van der Waals surface area contributed by atoms with E-state index in [1.165, 1.54) is 0 Å². The monoisotopic (exact) mass is 588 g/mol. The van der Waals surface area contributed by atoms with Crippen LogP contribution in [0.25, 0.3) is 66.1 Å². The van der Waals surface area contributed by atoms with Crippen molar-refractivity contribution in [3.8, 4) is 46.8 Å². The van der Waals surface area contributed by atoms with Gasteiger partial charge in [0.2, 0.25) is 0 Å². The lowest BCUT2D eigenvalue weighted by Gasteiger charge is -2.11. The Labute approximate surface area is 260 Å². The van der Waals surface area contributed by atoms with Crippen LogP contribution in [0, 0.1) is 45.3 Å². The molecule has 10 nitrogen and oxygen atoms in total. The first-order valence-electron chi connectivity index (χ1n) is 14.1. The number of benzene rings is 6. The third kappa shape index (κ3) is 3.66. The lowest BCUT2D eigenvalue weighted by Crippen LogP contribution is -2.00. The molecule has 46 heavy (non-hydrogen) atoms. The van der Waals surface area contributed by atoms with Crippen LogP contribution in [0.4, 0.5) is 0 Å². The Morgan fingerprint density at radius 1 is 0.435 bits per heavy atom. The van der Waals surface area contributed by atoms with Crippen molar-refractivity contribution in [1.82, 2.24) is 30.0 Å². The molecule has 0 radical (unpaired) electrons.